The second-order valence-corrected chi connectivity index (χ2v) is 7.61. The van der Waals surface area contributed by atoms with Crippen LogP contribution in [0.15, 0.2) is 0 Å². The molecule has 0 aromatic carbocycles. The van der Waals surface area contributed by atoms with Gasteiger partial charge in [-0.2, -0.15) is 0 Å². The third kappa shape index (κ3) is 21.6. The van der Waals surface area contributed by atoms with Crippen molar-refractivity contribution in [1.29, 1.82) is 0 Å². The summed E-state index contributed by atoms with van der Waals surface area (Å²) in [5, 5.41) is 29.7. The minimum Gasteiger partial charge on any atom is -0.550 e. The Kier molecular flexibility index (Phi) is 14.6. The SMILES string of the molecule is CC(C)(C)C(=O)[O-].CC(C)(C)C(=O)[O-].CC(C)(C)C(=O)[O-].[Zr+3]. The Balaban J connectivity index is -0.000000108. The molecule has 0 bridgehead atoms. The molecule has 6 nitrogen and oxygen atoms in total. The van der Waals surface area contributed by atoms with Gasteiger partial charge in [0.2, 0.25) is 0 Å². The number of hydrogen-bond acceptors (Lipinski definition) is 6. The van der Waals surface area contributed by atoms with Crippen LogP contribution in [0.4, 0.5) is 0 Å². The molecular weight excluding hydrogens is 367 g/mol. The molecule has 0 aliphatic rings. The van der Waals surface area contributed by atoms with Crippen LogP contribution >= 0.6 is 0 Å². The Labute approximate surface area is 152 Å². The molecule has 0 aromatic rings. The number of aliphatic carboxylic acids is 3. The van der Waals surface area contributed by atoms with Crippen LogP contribution in [-0.4, -0.2) is 17.9 Å². The minimum absolute atomic E-state index is 0. The van der Waals surface area contributed by atoms with Gasteiger partial charge in [-0.05, 0) is 0 Å². The van der Waals surface area contributed by atoms with Crippen molar-refractivity contribution in [2.45, 2.75) is 62.3 Å². The molecule has 0 N–H and O–H groups in total. The third-order valence-corrected chi connectivity index (χ3v) is 1.84. The first kappa shape index (κ1) is 29.3. The fourth-order valence-corrected chi connectivity index (χ4v) is 0. The first-order valence-electron chi connectivity index (χ1n) is 6.47. The van der Waals surface area contributed by atoms with Gasteiger partial charge in [0.05, 0.1) is 0 Å². The smallest absolute Gasteiger partial charge is 0.550 e. The monoisotopic (exact) mass is 393 g/mol. The van der Waals surface area contributed by atoms with E-state index in [2.05, 4.69) is 0 Å². The second kappa shape index (κ2) is 10.9. The number of carbonyl (C=O) groups excluding carboxylic acids is 3. The average Bonchev–Trinajstić information content (AvgIpc) is 2.14. The maximum Gasteiger partial charge on any atom is 3.00 e. The van der Waals surface area contributed by atoms with Crippen LogP contribution in [-0.2, 0) is 40.6 Å². The summed E-state index contributed by atoms with van der Waals surface area (Å²) in [4.78, 5) is 29.7. The zero-order chi connectivity index (χ0) is 18.2. The third-order valence-electron chi connectivity index (χ3n) is 1.84. The van der Waals surface area contributed by atoms with Crippen LogP contribution in [0.25, 0.3) is 0 Å². The predicted molar refractivity (Wildman–Crippen MR) is 73.4 cm³/mol. The summed E-state index contributed by atoms with van der Waals surface area (Å²) in [6.45, 7) is 14.4. The molecule has 1 radical (unpaired) electrons. The average molecular weight is 395 g/mol. The Morgan fingerprint density at radius 1 is 0.500 bits per heavy atom. The Morgan fingerprint density at radius 2 is 0.545 bits per heavy atom. The molecule has 0 saturated heterocycles. The second-order valence-electron chi connectivity index (χ2n) is 7.61. The maximum atomic E-state index is 9.91. The number of rotatable bonds is 0. The summed E-state index contributed by atoms with van der Waals surface area (Å²) < 4.78 is 0. The van der Waals surface area contributed by atoms with Crippen LogP contribution in [0.1, 0.15) is 62.3 Å². The molecule has 7 heteroatoms. The summed E-state index contributed by atoms with van der Waals surface area (Å²) in [5.74, 6) is -3.02. The fourth-order valence-electron chi connectivity index (χ4n) is 0. The van der Waals surface area contributed by atoms with Gasteiger partial charge in [-0.15, -0.1) is 0 Å². The van der Waals surface area contributed by atoms with Crippen molar-refractivity contribution in [3.63, 3.8) is 0 Å². The van der Waals surface area contributed by atoms with Gasteiger partial charge >= 0.3 is 26.2 Å². The summed E-state index contributed by atoms with van der Waals surface area (Å²) >= 11 is 0. The van der Waals surface area contributed by atoms with Gasteiger partial charge in [-0.25, -0.2) is 0 Å². The van der Waals surface area contributed by atoms with Gasteiger partial charge in [0.25, 0.3) is 0 Å². The molecule has 0 amide bonds. The Hall–Kier alpha value is -0.707. The van der Waals surface area contributed by atoms with Crippen molar-refractivity contribution in [3.05, 3.63) is 0 Å². The Bertz CT molecular complexity index is 299. The van der Waals surface area contributed by atoms with Gasteiger partial charge in [0, 0.05) is 34.2 Å². The molecular formula is C15H27O6Zr. The standard InChI is InChI=1S/3C5H10O2.Zr/c3*1-5(2,3)4(6)7;/h3*1-3H3,(H,6,7);/q;;;+3/p-3. The van der Waals surface area contributed by atoms with E-state index in [-0.39, 0.29) is 26.2 Å². The maximum absolute atomic E-state index is 9.91. The van der Waals surface area contributed by atoms with Crippen molar-refractivity contribution in [3.8, 4) is 0 Å². The van der Waals surface area contributed by atoms with Crippen LogP contribution < -0.4 is 15.3 Å². The van der Waals surface area contributed by atoms with Crippen LogP contribution in [0, 0.1) is 16.2 Å². The molecule has 0 aromatic heterocycles. The van der Waals surface area contributed by atoms with Gasteiger partial charge in [-0.1, -0.05) is 62.3 Å². The van der Waals surface area contributed by atoms with E-state index in [0.717, 1.165) is 0 Å². The molecule has 0 fully saturated rings. The predicted octanol–water partition coefficient (Wildman–Crippen LogP) is -0.655. The molecule has 22 heavy (non-hydrogen) atoms. The number of carbonyl (C=O) groups is 3. The molecule has 0 heterocycles. The number of hydrogen-bond donors (Lipinski definition) is 0. The van der Waals surface area contributed by atoms with E-state index in [0.29, 0.717) is 0 Å². The molecule has 0 atom stereocenters. The molecule has 127 valence electrons. The molecule has 0 aliphatic carbocycles. The summed E-state index contributed by atoms with van der Waals surface area (Å²) in [6, 6.07) is 0. The van der Waals surface area contributed by atoms with E-state index in [1.165, 1.54) is 0 Å². The van der Waals surface area contributed by atoms with Crippen LogP contribution in [0.5, 0.6) is 0 Å². The van der Waals surface area contributed by atoms with Crippen molar-refractivity contribution in [2.24, 2.45) is 16.2 Å². The fraction of sp³-hybridized carbons (Fsp3) is 0.800. The summed E-state index contributed by atoms with van der Waals surface area (Å²) in [7, 11) is 0. The summed E-state index contributed by atoms with van der Waals surface area (Å²) in [5.41, 5.74) is -2.08. The molecule has 0 rings (SSSR count). The molecule has 0 saturated carbocycles. The van der Waals surface area contributed by atoms with Crippen LogP contribution in [0.3, 0.4) is 0 Å². The number of carboxylic acids is 3. The summed E-state index contributed by atoms with van der Waals surface area (Å²) in [6.07, 6.45) is 0. The van der Waals surface area contributed by atoms with E-state index in [4.69, 9.17) is 0 Å². The molecule has 0 aliphatic heterocycles. The van der Waals surface area contributed by atoms with E-state index < -0.39 is 34.2 Å². The van der Waals surface area contributed by atoms with Crippen LogP contribution in [0.2, 0.25) is 0 Å². The van der Waals surface area contributed by atoms with E-state index in [1.54, 1.807) is 62.3 Å². The van der Waals surface area contributed by atoms with Gasteiger partial charge in [0.1, 0.15) is 0 Å². The molecule has 0 spiro atoms. The Morgan fingerprint density at radius 3 is 0.545 bits per heavy atom. The van der Waals surface area contributed by atoms with Gasteiger partial charge in [0.15, 0.2) is 0 Å². The largest absolute Gasteiger partial charge is 3.00 e. The molecule has 0 unspecified atom stereocenters. The normalized spacial score (nSPS) is 10.8. The van der Waals surface area contributed by atoms with E-state index >= 15 is 0 Å². The van der Waals surface area contributed by atoms with Gasteiger partial charge < -0.3 is 29.7 Å². The first-order valence-corrected chi connectivity index (χ1v) is 6.47. The van der Waals surface area contributed by atoms with Crippen molar-refractivity contribution >= 4 is 17.9 Å². The van der Waals surface area contributed by atoms with Crippen molar-refractivity contribution < 1.29 is 55.9 Å². The van der Waals surface area contributed by atoms with Crippen molar-refractivity contribution in [1.82, 2.24) is 0 Å². The van der Waals surface area contributed by atoms with Crippen molar-refractivity contribution in [2.75, 3.05) is 0 Å². The topological polar surface area (TPSA) is 120 Å². The number of carboxylic acid groups (broad SMARTS) is 3. The van der Waals surface area contributed by atoms with E-state index in [1.807, 2.05) is 0 Å². The zero-order valence-electron chi connectivity index (χ0n) is 14.9. The van der Waals surface area contributed by atoms with E-state index in [9.17, 15) is 29.7 Å². The minimum atomic E-state index is -1.01. The first-order chi connectivity index (χ1) is 8.83. The van der Waals surface area contributed by atoms with Gasteiger partial charge in [-0.3, -0.25) is 0 Å². The quantitative estimate of drug-likeness (QED) is 0.538. The zero-order valence-corrected chi connectivity index (χ0v) is 17.4.